The summed E-state index contributed by atoms with van der Waals surface area (Å²) in [6.07, 6.45) is 26.4. The first-order valence-electron chi connectivity index (χ1n) is 33.3. The highest BCUT2D eigenvalue weighted by atomic mass is 31.1. The fraction of sp³-hybridized carbons (Fsp3) is 0.873. The van der Waals surface area contributed by atoms with Gasteiger partial charge in [0.1, 0.15) is 6.61 Å². The molecular weight excluding hydrogens is 1280 g/mol. The lowest BCUT2D eigenvalue weighted by Crippen LogP contribution is -2.08. The monoisotopic (exact) mass is 1430 g/mol. The molecule has 582 valence electrons. The minimum atomic E-state index is -1.56. The van der Waals surface area contributed by atoms with Gasteiger partial charge in [0.2, 0.25) is 0 Å². The normalized spacial score (nSPS) is 10.9. The minimum absolute atomic E-state index is 0. The van der Waals surface area contributed by atoms with Crippen LogP contribution in [0.2, 0.25) is 0 Å². The summed E-state index contributed by atoms with van der Waals surface area (Å²) >= 11 is 0. The first-order valence-corrected chi connectivity index (χ1v) is 34.9. The summed E-state index contributed by atoms with van der Waals surface area (Å²) in [5.74, 6) is -2.18. The second kappa shape index (κ2) is 93.1. The lowest BCUT2D eigenvalue weighted by atomic mass is 10.2. The third-order valence-electron chi connectivity index (χ3n) is 12.5. The molecule has 1 atom stereocenters. The van der Waals surface area contributed by atoms with E-state index in [1.807, 2.05) is 20.8 Å². The molecule has 0 amide bonds. The number of ether oxygens (including phenoxy) is 7. The third kappa shape index (κ3) is 99.9. The zero-order valence-electron chi connectivity index (χ0n) is 55.3. The van der Waals surface area contributed by atoms with Crippen LogP contribution in [0.15, 0.2) is 0 Å². The fourth-order valence-electron chi connectivity index (χ4n) is 7.50. The van der Waals surface area contributed by atoms with E-state index in [0.717, 1.165) is 116 Å². The van der Waals surface area contributed by atoms with Crippen LogP contribution < -0.4 is 0 Å². The van der Waals surface area contributed by atoms with Crippen LogP contribution in [0.4, 0.5) is 0 Å². The molecular formula is C71H144O25P+. The van der Waals surface area contributed by atoms with E-state index < -0.39 is 8.03 Å². The zero-order chi connectivity index (χ0) is 67.0. The van der Waals surface area contributed by atoms with Crippen LogP contribution in [-0.4, -0.2) is 150 Å². The van der Waals surface area contributed by atoms with Crippen molar-refractivity contribution in [1.82, 2.24) is 0 Å². The van der Waals surface area contributed by atoms with E-state index in [-0.39, 0.29) is 125 Å². The highest BCUT2D eigenvalue weighted by Gasteiger charge is 2.12. The van der Waals surface area contributed by atoms with E-state index in [9.17, 15) is 47.7 Å². The number of unbranched alkanes of at least 4 members (excludes halogenated alkanes) is 16. The molecule has 1 aliphatic rings. The Morgan fingerprint density at radius 3 is 0.876 bits per heavy atom. The highest BCUT2D eigenvalue weighted by Crippen LogP contribution is 2.16. The number of hydrogen-bond acceptors (Lipinski definition) is 25. The van der Waals surface area contributed by atoms with E-state index in [2.05, 4.69) is 14.7 Å². The van der Waals surface area contributed by atoms with Crippen molar-refractivity contribution >= 4 is 61.8 Å². The molecule has 0 saturated carbocycles. The standard InChI is InChI=1S/C28H50O11P.C27H48O10.C6H10O2.C3H8O2.7CH4/c1-3-20-37-39-28(32)19-11-6-14-23-36-26(30)17-9-4-12-21-34-25(29)16-8-5-13-22-35-27(31)18-10-7-15-24-38-40(2)33;1-2-20-36-37-27(32)18-10-6-14-23-35-26(31)17-9-5-13-22-34-25(30)16-8-4-12-21-33-24(29)15-7-3-11-19-28;7-6-4-2-1-3-5-8-6;1-2-3-5-4;;;;;;;/h3-24H2,1-2H3;28H,2-23H2,1H3;1-5H2;4H,2-3H2,1H3;7*1H4/q+1;;;;;;;;;;. The Hall–Kier alpha value is -4.91. The third-order valence-corrected chi connectivity index (χ3v) is 13.1. The lowest BCUT2D eigenvalue weighted by molar-refractivity contribution is -0.272. The van der Waals surface area contributed by atoms with Crippen molar-refractivity contribution in [2.75, 3.05) is 85.9 Å². The van der Waals surface area contributed by atoms with Gasteiger partial charge in [0.25, 0.3) is 0 Å². The number of aliphatic hydroxyl groups excluding tert-OH is 1. The van der Waals surface area contributed by atoms with Gasteiger partial charge in [-0.2, -0.15) is 9.78 Å². The van der Waals surface area contributed by atoms with Gasteiger partial charge < -0.3 is 38.3 Å². The summed E-state index contributed by atoms with van der Waals surface area (Å²) in [5, 5.41) is 16.3. The molecule has 0 spiro atoms. The number of hydrogen-bond donors (Lipinski definition) is 2. The Balaban J connectivity index is -0.000000154. The molecule has 0 bridgehead atoms. The maximum absolute atomic E-state index is 11.8. The average molecular weight is 1430 g/mol. The van der Waals surface area contributed by atoms with Crippen molar-refractivity contribution in [3.8, 4) is 0 Å². The van der Waals surface area contributed by atoms with E-state index in [1.54, 1.807) is 0 Å². The minimum Gasteiger partial charge on any atom is -0.466 e. The van der Waals surface area contributed by atoms with E-state index >= 15 is 0 Å². The lowest BCUT2D eigenvalue weighted by Gasteiger charge is -2.07. The van der Waals surface area contributed by atoms with Crippen LogP contribution in [0.25, 0.3) is 0 Å². The van der Waals surface area contributed by atoms with Gasteiger partial charge in [-0.25, -0.2) is 14.5 Å². The van der Waals surface area contributed by atoms with Crippen molar-refractivity contribution in [2.45, 2.75) is 323 Å². The van der Waals surface area contributed by atoms with Gasteiger partial charge in [0.05, 0.1) is 66.1 Å². The number of rotatable bonds is 56. The zero-order valence-corrected chi connectivity index (χ0v) is 56.2. The number of aliphatic hydroxyl groups is 1. The molecule has 0 aliphatic carbocycles. The maximum atomic E-state index is 11.8. The molecule has 1 rings (SSSR count). The predicted octanol–water partition coefficient (Wildman–Crippen LogP) is 17.3. The largest absolute Gasteiger partial charge is 0.504 e. The van der Waals surface area contributed by atoms with Gasteiger partial charge in [-0.05, 0) is 184 Å². The van der Waals surface area contributed by atoms with Crippen molar-refractivity contribution in [1.29, 1.82) is 0 Å². The molecule has 0 aromatic rings. The van der Waals surface area contributed by atoms with Crippen LogP contribution in [0.1, 0.15) is 323 Å². The molecule has 25 nitrogen and oxygen atoms in total. The first-order chi connectivity index (χ1) is 43.6. The Morgan fingerprint density at radius 1 is 0.361 bits per heavy atom. The number of carbonyl (C=O) groups is 9. The van der Waals surface area contributed by atoms with Gasteiger partial charge in [-0.1, -0.05) is 85.6 Å². The van der Waals surface area contributed by atoms with Gasteiger partial charge >= 0.3 is 61.8 Å². The molecule has 2 N–H and O–H groups in total. The van der Waals surface area contributed by atoms with Crippen molar-refractivity contribution in [2.24, 2.45) is 0 Å². The Kier molecular flexibility index (Phi) is 109. The molecule has 1 aliphatic heterocycles. The molecule has 26 heteroatoms. The summed E-state index contributed by atoms with van der Waals surface area (Å²) < 4.78 is 51.7. The molecule has 1 heterocycles. The quantitative estimate of drug-likeness (QED) is 0.0143. The summed E-state index contributed by atoms with van der Waals surface area (Å²) in [4.78, 5) is 126. The van der Waals surface area contributed by atoms with Crippen molar-refractivity contribution in [3.63, 3.8) is 0 Å². The second-order valence-corrected chi connectivity index (χ2v) is 22.4. The van der Waals surface area contributed by atoms with Gasteiger partial charge in [0, 0.05) is 64.4 Å². The molecule has 0 aromatic carbocycles. The van der Waals surface area contributed by atoms with Crippen molar-refractivity contribution in [3.05, 3.63) is 0 Å². The maximum Gasteiger partial charge on any atom is 0.504 e. The molecule has 97 heavy (non-hydrogen) atoms. The van der Waals surface area contributed by atoms with Gasteiger partial charge in [-0.15, -0.1) is 4.52 Å². The smallest absolute Gasteiger partial charge is 0.466 e. The molecule has 0 aromatic heterocycles. The number of carbonyl (C=O) groups excluding carboxylic acids is 9. The van der Waals surface area contributed by atoms with Crippen LogP contribution in [-0.2, 0) is 110 Å². The fourth-order valence-corrected chi connectivity index (χ4v) is 7.89. The van der Waals surface area contributed by atoms with Crippen LogP contribution in [0.5, 0.6) is 0 Å². The SMILES string of the molecule is C.C.C.C.C.C.C.CCCOO.CCCOOC(=O)CCCCCOC(=O)CCCCCOC(=O)CCCCCOC(=O)CCCCCO.CCCOOC(=O)CCCCCOC(=O)CCCCCOC(=O)CCCCCOC(=O)CCCCCO[P+](C)=O.O=C1CCCCCO1. The number of esters is 7. The second-order valence-electron chi connectivity index (χ2n) is 21.2. The number of cyclic esters (lactones) is 1. The van der Waals surface area contributed by atoms with Crippen LogP contribution in [0.3, 0.4) is 0 Å². The molecule has 1 saturated heterocycles. The Bertz CT molecular complexity index is 1760. The summed E-state index contributed by atoms with van der Waals surface area (Å²) in [6, 6.07) is 0. The van der Waals surface area contributed by atoms with E-state index in [0.29, 0.717) is 195 Å². The highest BCUT2D eigenvalue weighted by molar-refractivity contribution is 7.38. The summed E-state index contributed by atoms with van der Waals surface area (Å²) in [5.41, 5.74) is 0. The average Bonchev–Trinajstić information content (AvgIpc) is 4.02. The Labute approximate surface area is 588 Å². The van der Waals surface area contributed by atoms with E-state index in [1.165, 1.54) is 6.66 Å². The van der Waals surface area contributed by atoms with Crippen LogP contribution in [0, 0.1) is 0 Å². The van der Waals surface area contributed by atoms with Gasteiger partial charge in [0.15, 0.2) is 6.66 Å². The molecule has 0 radical (unpaired) electrons. The van der Waals surface area contributed by atoms with Crippen LogP contribution >= 0.6 is 8.03 Å². The topological polar surface area (TPSA) is 331 Å². The Morgan fingerprint density at radius 2 is 0.629 bits per heavy atom. The molecule has 1 unspecified atom stereocenters. The van der Waals surface area contributed by atoms with E-state index in [4.69, 9.17) is 57.8 Å². The molecule has 1 fully saturated rings. The summed E-state index contributed by atoms with van der Waals surface area (Å²) in [7, 11) is -1.56. The van der Waals surface area contributed by atoms with Crippen molar-refractivity contribution < 1.29 is 120 Å². The summed E-state index contributed by atoms with van der Waals surface area (Å²) in [6.45, 7) is 11.8. The predicted molar refractivity (Wildman–Crippen MR) is 380 cm³/mol. The first kappa shape index (κ1) is 113. The van der Waals surface area contributed by atoms with Gasteiger partial charge in [-0.3, -0.25) is 48.6 Å².